The van der Waals surface area contributed by atoms with Crippen LogP contribution in [-0.4, -0.2) is 9.91 Å². The lowest BCUT2D eigenvalue weighted by Crippen LogP contribution is -2.06. The largest absolute Gasteiger partial charge is 0.294 e. The lowest BCUT2D eigenvalue weighted by molar-refractivity contribution is -0.385. The molecule has 20 heavy (non-hydrogen) atoms. The first-order chi connectivity index (χ1) is 9.68. The summed E-state index contributed by atoms with van der Waals surface area (Å²) in [6.07, 6.45) is 15.2. The SMILES string of the molecule is CC(=CC=Cc1ccncc1[N+](=O)[O-])C1CCCCC1. The molecule has 0 spiro atoms. The van der Waals surface area contributed by atoms with Crippen molar-refractivity contribution in [3.05, 3.63) is 51.9 Å². The van der Waals surface area contributed by atoms with Crippen LogP contribution in [-0.2, 0) is 0 Å². The van der Waals surface area contributed by atoms with Gasteiger partial charge in [0.05, 0.1) is 10.5 Å². The molecule has 0 atom stereocenters. The number of hydrogen-bond donors (Lipinski definition) is 0. The van der Waals surface area contributed by atoms with E-state index in [4.69, 9.17) is 0 Å². The van der Waals surface area contributed by atoms with E-state index in [1.807, 2.05) is 6.08 Å². The van der Waals surface area contributed by atoms with Gasteiger partial charge in [0.25, 0.3) is 5.69 Å². The van der Waals surface area contributed by atoms with Crippen LogP contribution in [0.3, 0.4) is 0 Å². The number of nitrogens with zero attached hydrogens (tertiary/aromatic N) is 2. The highest BCUT2D eigenvalue weighted by Crippen LogP contribution is 2.29. The zero-order chi connectivity index (χ0) is 14.4. The molecule has 0 saturated heterocycles. The molecular weight excluding hydrogens is 252 g/mol. The maximum atomic E-state index is 10.9. The van der Waals surface area contributed by atoms with Crippen LogP contribution in [0, 0.1) is 16.0 Å². The monoisotopic (exact) mass is 272 g/mol. The van der Waals surface area contributed by atoms with E-state index in [2.05, 4.69) is 18.0 Å². The number of allylic oxidation sites excluding steroid dienone is 3. The predicted molar refractivity (Wildman–Crippen MR) is 80.3 cm³/mol. The number of rotatable bonds is 4. The highest BCUT2D eigenvalue weighted by molar-refractivity contribution is 5.60. The minimum absolute atomic E-state index is 0.0486. The van der Waals surface area contributed by atoms with Crippen molar-refractivity contribution in [3.63, 3.8) is 0 Å². The van der Waals surface area contributed by atoms with Crippen LogP contribution in [0.4, 0.5) is 5.69 Å². The molecule has 1 aliphatic carbocycles. The first kappa shape index (κ1) is 14.4. The Morgan fingerprint density at radius 3 is 2.85 bits per heavy atom. The summed E-state index contributed by atoms with van der Waals surface area (Å²) in [5.74, 6) is 0.681. The van der Waals surface area contributed by atoms with Gasteiger partial charge in [0.1, 0.15) is 6.20 Å². The van der Waals surface area contributed by atoms with Crippen molar-refractivity contribution in [2.75, 3.05) is 0 Å². The summed E-state index contributed by atoms with van der Waals surface area (Å²) in [4.78, 5) is 14.3. The highest BCUT2D eigenvalue weighted by Gasteiger charge is 2.14. The van der Waals surface area contributed by atoms with Crippen molar-refractivity contribution in [1.29, 1.82) is 0 Å². The Bertz CT molecular complexity index is 529. The zero-order valence-corrected chi connectivity index (χ0v) is 11.8. The Balaban J connectivity index is 2.07. The van der Waals surface area contributed by atoms with E-state index in [1.54, 1.807) is 18.3 Å². The van der Waals surface area contributed by atoms with Crippen molar-refractivity contribution in [1.82, 2.24) is 4.98 Å². The molecule has 0 radical (unpaired) electrons. The van der Waals surface area contributed by atoms with E-state index in [0.29, 0.717) is 11.5 Å². The van der Waals surface area contributed by atoms with Crippen LogP contribution in [0.2, 0.25) is 0 Å². The summed E-state index contributed by atoms with van der Waals surface area (Å²) in [6, 6.07) is 1.67. The molecule has 0 unspecified atom stereocenters. The van der Waals surface area contributed by atoms with Crippen LogP contribution in [0.5, 0.6) is 0 Å². The van der Waals surface area contributed by atoms with Crippen LogP contribution in [0.1, 0.15) is 44.6 Å². The molecule has 1 aliphatic rings. The minimum atomic E-state index is -0.398. The second kappa shape index (κ2) is 6.98. The normalized spacial score (nSPS) is 17.6. The van der Waals surface area contributed by atoms with Gasteiger partial charge in [-0.05, 0) is 37.8 Å². The molecule has 0 aliphatic heterocycles. The van der Waals surface area contributed by atoms with Crippen LogP contribution >= 0.6 is 0 Å². The third kappa shape index (κ3) is 3.76. The topological polar surface area (TPSA) is 56.0 Å². The van der Waals surface area contributed by atoms with Crippen molar-refractivity contribution in [3.8, 4) is 0 Å². The van der Waals surface area contributed by atoms with Crippen molar-refractivity contribution < 1.29 is 4.92 Å². The predicted octanol–water partition coefficient (Wildman–Crippen LogP) is 4.53. The smallest absolute Gasteiger partial charge is 0.258 e. The van der Waals surface area contributed by atoms with Gasteiger partial charge in [-0.15, -0.1) is 0 Å². The summed E-state index contributed by atoms with van der Waals surface area (Å²) < 4.78 is 0. The first-order valence-electron chi connectivity index (χ1n) is 7.12. The average molecular weight is 272 g/mol. The molecule has 1 aromatic rings. The first-order valence-corrected chi connectivity index (χ1v) is 7.12. The summed E-state index contributed by atoms with van der Waals surface area (Å²) in [5.41, 5.74) is 2.02. The molecule has 1 heterocycles. The molecule has 1 saturated carbocycles. The van der Waals surface area contributed by atoms with Crippen molar-refractivity contribution in [2.24, 2.45) is 5.92 Å². The van der Waals surface area contributed by atoms with Crippen LogP contribution in [0.15, 0.2) is 36.2 Å². The second-order valence-electron chi connectivity index (χ2n) is 5.30. The van der Waals surface area contributed by atoms with E-state index in [-0.39, 0.29) is 5.69 Å². The molecule has 1 aromatic heterocycles. The third-order valence-corrected chi connectivity index (χ3v) is 3.91. The third-order valence-electron chi connectivity index (χ3n) is 3.91. The molecule has 0 N–H and O–H groups in total. The van der Waals surface area contributed by atoms with Crippen LogP contribution < -0.4 is 0 Å². The quantitative estimate of drug-likeness (QED) is 0.459. The minimum Gasteiger partial charge on any atom is -0.258 e. The average Bonchev–Trinajstić information content (AvgIpc) is 2.48. The van der Waals surface area contributed by atoms with Crippen LogP contribution in [0.25, 0.3) is 6.08 Å². The molecule has 2 rings (SSSR count). The van der Waals surface area contributed by atoms with Gasteiger partial charge in [-0.2, -0.15) is 0 Å². The summed E-state index contributed by atoms with van der Waals surface area (Å²) in [5, 5.41) is 10.9. The number of nitro groups is 1. The van der Waals surface area contributed by atoms with E-state index in [1.165, 1.54) is 43.9 Å². The summed E-state index contributed by atoms with van der Waals surface area (Å²) in [7, 11) is 0. The number of hydrogen-bond acceptors (Lipinski definition) is 3. The molecule has 0 bridgehead atoms. The molecule has 106 valence electrons. The van der Waals surface area contributed by atoms with Crippen molar-refractivity contribution in [2.45, 2.75) is 39.0 Å². The summed E-state index contributed by atoms with van der Waals surface area (Å²) >= 11 is 0. The van der Waals surface area contributed by atoms with E-state index in [0.717, 1.165) is 0 Å². The molecule has 4 heteroatoms. The fraction of sp³-hybridized carbons (Fsp3) is 0.438. The number of aromatic nitrogens is 1. The van der Waals surface area contributed by atoms with Gasteiger partial charge in [-0.3, -0.25) is 15.1 Å². The van der Waals surface area contributed by atoms with Gasteiger partial charge in [0, 0.05) is 6.20 Å². The Labute approximate surface area is 119 Å². The fourth-order valence-electron chi connectivity index (χ4n) is 2.69. The summed E-state index contributed by atoms with van der Waals surface area (Å²) in [6.45, 7) is 2.15. The van der Waals surface area contributed by atoms with E-state index >= 15 is 0 Å². The van der Waals surface area contributed by atoms with Gasteiger partial charge < -0.3 is 0 Å². The molecule has 4 nitrogen and oxygen atoms in total. The maximum Gasteiger partial charge on any atom is 0.294 e. The molecule has 0 aromatic carbocycles. The zero-order valence-electron chi connectivity index (χ0n) is 11.8. The van der Waals surface area contributed by atoms with E-state index in [9.17, 15) is 10.1 Å². The fourth-order valence-corrected chi connectivity index (χ4v) is 2.69. The maximum absolute atomic E-state index is 10.9. The van der Waals surface area contributed by atoms with Gasteiger partial charge in [0.2, 0.25) is 0 Å². The van der Waals surface area contributed by atoms with E-state index < -0.39 is 4.92 Å². The Kier molecular flexibility index (Phi) is 5.04. The lowest BCUT2D eigenvalue weighted by atomic mass is 9.84. The van der Waals surface area contributed by atoms with Gasteiger partial charge in [0.15, 0.2) is 0 Å². The lowest BCUT2D eigenvalue weighted by Gasteiger charge is -2.22. The van der Waals surface area contributed by atoms with Crippen molar-refractivity contribution >= 4 is 11.8 Å². The Morgan fingerprint density at radius 1 is 1.40 bits per heavy atom. The molecule has 0 amide bonds. The molecular formula is C16H20N2O2. The Morgan fingerprint density at radius 2 is 2.15 bits per heavy atom. The van der Waals surface area contributed by atoms with Gasteiger partial charge in [-0.1, -0.05) is 37.0 Å². The second-order valence-corrected chi connectivity index (χ2v) is 5.30. The van der Waals surface area contributed by atoms with Gasteiger partial charge in [-0.25, -0.2) is 0 Å². The highest BCUT2D eigenvalue weighted by atomic mass is 16.6. The Hall–Kier alpha value is -1.97. The molecule has 1 fully saturated rings. The van der Waals surface area contributed by atoms with Gasteiger partial charge >= 0.3 is 0 Å². The number of pyridine rings is 1. The standard InChI is InChI=1S/C16H20N2O2/c1-13(14-7-3-2-4-8-14)6-5-9-15-10-11-17-12-16(15)18(19)20/h5-6,9-12,14H,2-4,7-8H2,1H3.